The molecule has 0 spiro atoms. The first-order valence-electron chi connectivity index (χ1n) is 12.1. The van der Waals surface area contributed by atoms with Gasteiger partial charge >= 0.3 is 0 Å². The van der Waals surface area contributed by atoms with Crippen LogP contribution in [0.3, 0.4) is 0 Å². The van der Waals surface area contributed by atoms with Crippen LogP contribution in [0, 0.1) is 5.82 Å². The highest BCUT2D eigenvalue weighted by Crippen LogP contribution is 2.36. The SMILES string of the molecule is CCC(C)(C)NC(=O)C(c1ccccc1F)N(C(=O)Cn1nnc2ccccc21)c1ccccc1OC. The van der Waals surface area contributed by atoms with Crippen molar-refractivity contribution in [3.63, 3.8) is 0 Å². The summed E-state index contributed by atoms with van der Waals surface area (Å²) in [7, 11) is 1.48. The number of aromatic nitrogens is 3. The minimum Gasteiger partial charge on any atom is -0.495 e. The first kappa shape index (κ1) is 25.8. The minimum atomic E-state index is -1.31. The van der Waals surface area contributed by atoms with E-state index in [1.807, 2.05) is 32.9 Å². The van der Waals surface area contributed by atoms with Gasteiger partial charge in [0.25, 0.3) is 0 Å². The van der Waals surface area contributed by atoms with Crippen molar-refractivity contribution in [2.24, 2.45) is 0 Å². The molecule has 8 nitrogen and oxygen atoms in total. The van der Waals surface area contributed by atoms with Gasteiger partial charge in [-0.1, -0.05) is 54.6 Å². The van der Waals surface area contributed by atoms with Crippen LogP contribution in [0.5, 0.6) is 5.75 Å². The molecule has 3 aromatic carbocycles. The number of rotatable bonds is 9. The lowest BCUT2D eigenvalue weighted by Crippen LogP contribution is -2.51. The summed E-state index contributed by atoms with van der Waals surface area (Å²) in [5.74, 6) is -1.24. The van der Waals surface area contributed by atoms with Crippen molar-refractivity contribution in [3.05, 3.63) is 84.2 Å². The standard InChI is InChI=1S/C28H30FN5O3/c1-5-28(2,3)30-27(36)26(19-12-6-7-13-20(19)29)34(23-16-10-11-17-24(23)37-4)25(35)18-33-22-15-9-8-14-21(22)31-32-33/h6-17,26H,5,18H2,1-4H3,(H,30,36). The van der Waals surface area contributed by atoms with E-state index in [1.54, 1.807) is 48.5 Å². The monoisotopic (exact) mass is 503 g/mol. The molecule has 0 saturated carbocycles. The van der Waals surface area contributed by atoms with Crippen LogP contribution in [0.2, 0.25) is 0 Å². The van der Waals surface area contributed by atoms with Crippen LogP contribution in [-0.4, -0.2) is 39.5 Å². The van der Waals surface area contributed by atoms with Crippen molar-refractivity contribution in [3.8, 4) is 5.75 Å². The first-order chi connectivity index (χ1) is 17.8. The van der Waals surface area contributed by atoms with Gasteiger partial charge in [-0.2, -0.15) is 0 Å². The maximum absolute atomic E-state index is 15.2. The summed E-state index contributed by atoms with van der Waals surface area (Å²) in [5, 5.41) is 11.2. The molecule has 37 heavy (non-hydrogen) atoms. The van der Waals surface area contributed by atoms with Gasteiger partial charge in [-0.05, 0) is 50.6 Å². The summed E-state index contributed by atoms with van der Waals surface area (Å²) in [6.45, 7) is 5.46. The normalized spacial score (nSPS) is 12.2. The zero-order valence-electron chi connectivity index (χ0n) is 21.3. The number of para-hydroxylation sites is 3. The molecule has 192 valence electrons. The molecule has 0 bridgehead atoms. The summed E-state index contributed by atoms with van der Waals surface area (Å²) in [4.78, 5) is 29.2. The van der Waals surface area contributed by atoms with E-state index in [-0.39, 0.29) is 12.1 Å². The number of benzene rings is 3. The minimum absolute atomic E-state index is 0.0645. The van der Waals surface area contributed by atoms with Crippen molar-refractivity contribution in [2.75, 3.05) is 12.0 Å². The maximum atomic E-state index is 15.2. The van der Waals surface area contributed by atoms with Crippen LogP contribution in [0.25, 0.3) is 11.0 Å². The lowest BCUT2D eigenvalue weighted by Gasteiger charge is -2.35. The van der Waals surface area contributed by atoms with Gasteiger partial charge in [0.2, 0.25) is 11.8 Å². The predicted octanol–water partition coefficient (Wildman–Crippen LogP) is 4.66. The Labute approximate surface area is 215 Å². The Morgan fingerprint density at radius 1 is 1.05 bits per heavy atom. The summed E-state index contributed by atoms with van der Waals surface area (Å²) < 4.78 is 22.3. The second-order valence-corrected chi connectivity index (χ2v) is 9.32. The number of amides is 2. The zero-order chi connectivity index (χ0) is 26.6. The number of nitrogens with zero attached hydrogens (tertiary/aromatic N) is 4. The number of carbonyl (C=O) groups is 2. The van der Waals surface area contributed by atoms with Crippen molar-refractivity contribution < 1.29 is 18.7 Å². The van der Waals surface area contributed by atoms with Gasteiger partial charge in [0.05, 0.1) is 18.3 Å². The number of carbonyl (C=O) groups excluding carboxylic acids is 2. The lowest BCUT2D eigenvalue weighted by atomic mass is 9.97. The van der Waals surface area contributed by atoms with E-state index >= 15 is 4.39 Å². The van der Waals surface area contributed by atoms with E-state index in [0.717, 1.165) is 0 Å². The van der Waals surface area contributed by atoms with E-state index in [4.69, 9.17) is 4.74 Å². The van der Waals surface area contributed by atoms with Crippen LogP contribution >= 0.6 is 0 Å². The van der Waals surface area contributed by atoms with Gasteiger partial charge in [0, 0.05) is 11.1 Å². The van der Waals surface area contributed by atoms with Crippen molar-refractivity contribution in [1.29, 1.82) is 0 Å². The molecule has 4 rings (SSSR count). The average molecular weight is 504 g/mol. The van der Waals surface area contributed by atoms with Crippen molar-refractivity contribution in [1.82, 2.24) is 20.3 Å². The Morgan fingerprint density at radius 3 is 2.46 bits per heavy atom. The van der Waals surface area contributed by atoms with Gasteiger partial charge in [-0.3, -0.25) is 14.5 Å². The molecule has 0 saturated heterocycles. The van der Waals surface area contributed by atoms with Gasteiger partial charge in [0.1, 0.15) is 29.7 Å². The van der Waals surface area contributed by atoms with E-state index in [9.17, 15) is 9.59 Å². The zero-order valence-corrected chi connectivity index (χ0v) is 21.3. The number of fused-ring (bicyclic) bond motifs is 1. The van der Waals surface area contributed by atoms with Gasteiger partial charge in [-0.25, -0.2) is 9.07 Å². The molecule has 1 aromatic heterocycles. The second kappa shape index (κ2) is 10.8. The van der Waals surface area contributed by atoms with Gasteiger partial charge in [0.15, 0.2) is 0 Å². The molecular formula is C28H30FN5O3. The van der Waals surface area contributed by atoms with E-state index in [1.165, 1.54) is 28.8 Å². The Balaban J connectivity index is 1.87. The Hall–Kier alpha value is -4.27. The molecule has 1 atom stereocenters. The topological polar surface area (TPSA) is 89.4 Å². The van der Waals surface area contributed by atoms with Gasteiger partial charge in [-0.15, -0.1) is 5.10 Å². The number of ether oxygens (including phenoxy) is 1. The maximum Gasteiger partial charge on any atom is 0.249 e. The molecule has 4 aromatic rings. The van der Waals surface area contributed by atoms with Gasteiger partial charge < -0.3 is 10.1 Å². The summed E-state index contributed by atoms with van der Waals surface area (Å²) >= 11 is 0. The number of hydrogen-bond acceptors (Lipinski definition) is 5. The van der Waals surface area contributed by atoms with Crippen molar-refractivity contribution in [2.45, 2.75) is 45.3 Å². The highest BCUT2D eigenvalue weighted by atomic mass is 19.1. The largest absolute Gasteiger partial charge is 0.495 e. The number of anilines is 1. The average Bonchev–Trinajstić information content (AvgIpc) is 3.30. The summed E-state index contributed by atoms with van der Waals surface area (Å²) in [6, 6.07) is 18.8. The van der Waals surface area contributed by atoms with Crippen LogP contribution in [0.15, 0.2) is 72.8 Å². The fraction of sp³-hybridized carbons (Fsp3) is 0.286. The van der Waals surface area contributed by atoms with E-state index < -0.39 is 29.2 Å². The highest BCUT2D eigenvalue weighted by molar-refractivity contribution is 6.02. The van der Waals surface area contributed by atoms with Crippen LogP contribution in [-0.2, 0) is 16.1 Å². The van der Waals surface area contributed by atoms with E-state index in [0.29, 0.717) is 28.9 Å². The van der Waals surface area contributed by atoms with E-state index in [2.05, 4.69) is 15.6 Å². The quantitative estimate of drug-likeness (QED) is 0.359. The molecular weight excluding hydrogens is 473 g/mol. The smallest absolute Gasteiger partial charge is 0.249 e. The third-order valence-electron chi connectivity index (χ3n) is 6.37. The number of methoxy groups -OCH3 is 1. The summed E-state index contributed by atoms with van der Waals surface area (Å²) in [5.41, 5.74) is 1.10. The Bertz CT molecular complexity index is 1420. The molecule has 1 N–H and O–H groups in total. The second-order valence-electron chi connectivity index (χ2n) is 9.32. The molecule has 1 unspecified atom stereocenters. The third kappa shape index (κ3) is 5.45. The Kier molecular flexibility index (Phi) is 7.52. The van der Waals surface area contributed by atoms with Crippen LogP contribution in [0.1, 0.15) is 38.8 Å². The fourth-order valence-corrected chi connectivity index (χ4v) is 4.07. The highest BCUT2D eigenvalue weighted by Gasteiger charge is 2.37. The molecule has 0 radical (unpaired) electrons. The molecule has 0 aliphatic heterocycles. The molecule has 0 fully saturated rings. The molecule has 0 aliphatic carbocycles. The summed E-state index contributed by atoms with van der Waals surface area (Å²) in [6.07, 6.45) is 0.635. The molecule has 2 amide bonds. The lowest BCUT2D eigenvalue weighted by molar-refractivity contribution is -0.128. The predicted molar refractivity (Wildman–Crippen MR) is 140 cm³/mol. The number of halogens is 1. The molecule has 1 heterocycles. The van der Waals surface area contributed by atoms with Crippen LogP contribution < -0.4 is 15.0 Å². The Morgan fingerprint density at radius 2 is 1.73 bits per heavy atom. The van der Waals surface area contributed by atoms with Crippen LogP contribution in [0.4, 0.5) is 10.1 Å². The molecule has 0 aliphatic rings. The third-order valence-corrected chi connectivity index (χ3v) is 6.37. The molecule has 9 heteroatoms. The number of hydrogen-bond donors (Lipinski definition) is 1. The first-order valence-corrected chi connectivity index (χ1v) is 12.1. The number of nitrogens with one attached hydrogen (secondary N) is 1. The van der Waals surface area contributed by atoms with Crippen molar-refractivity contribution >= 4 is 28.5 Å². The fourth-order valence-electron chi connectivity index (χ4n) is 4.07.